The Kier molecular flexibility index (Phi) is 4.54. The number of carbonyl (C=O) groups is 1. The number of allylic oxidation sites excluding steroid dienone is 1. The second-order valence-corrected chi connectivity index (χ2v) is 4.68. The topological polar surface area (TPSA) is 46.5 Å². The Morgan fingerprint density at radius 1 is 1.17 bits per heavy atom. The predicted molar refractivity (Wildman–Crippen MR) is 72.6 cm³/mol. The fourth-order valence-corrected chi connectivity index (χ4v) is 1.79. The van der Waals surface area contributed by atoms with E-state index < -0.39 is 0 Å². The molecule has 0 aliphatic carbocycles. The van der Waals surface area contributed by atoms with E-state index in [9.17, 15) is 9.90 Å². The van der Waals surface area contributed by atoms with Crippen LogP contribution in [0.3, 0.4) is 0 Å². The number of rotatable bonds is 4. The van der Waals surface area contributed by atoms with E-state index in [4.69, 9.17) is 4.74 Å². The standard InChI is InChI=1S/C15H20O3/c1-9(2)6-7-18-15-11(4)10(3)13(8-16)14(17)12(15)5/h6,8,17H,7H2,1-5H3. The van der Waals surface area contributed by atoms with Crippen LogP contribution in [0.25, 0.3) is 0 Å². The van der Waals surface area contributed by atoms with E-state index in [2.05, 4.69) is 0 Å². The van der Waals surface area contributed by atoms with E-state index in [0.717, 1.165) is 11.1 Å². The van der Waals surface area contributed by atoms with Crippen LogP contribution in [-0.2, 0) is 0 Å². The molecule has 0 heterocycles. The van der Waals surface area contributed by atoms with Crippen molar-refractivity contribution >= 4 is 6.29 Å². The van der Waals surface area contributed by atoms with Gasteiger partial charge in [0.05, 0.1) is 5.56 Å². The first-order valence-corrected chi connectivity index (χ1v) is 5.94. The molecule has 18 heavy (non-hydrogen) atoms. The summed E-state index contributed by atoms with van der Waals surface area (Å²) in [5.74, 6) is 0.674. The molecule has 0 aliphatic rings. The lowest BCUT2D eigenvalue weighted by Crippen LogP contribution is -2.03. The Hall–Kier alpha value is -1.77. The van der Waals surface area contributed by atoms with Crippen LogP contribution < -0.4 is 4.74 Å². The zero-order valence-electron chi connectivity index (χ0n) is 11.6. The summed E-state index contributed by atoms with van der Waals surface area (Å²) in [7, 11) is 0. The molecule has 1 rings (SSSR count). The predicted octanol–water partition coefficient (Wildman–Crippen LogP) is 3.47. The Morgan fingerprint density at radius 2 is 1.78 bits per heavy atom. The minimum absolute atomic E-state index is 0.0142. The number of phenolic OH excluding ortho intramolecular Hbond substituents is 1. The summed E-state index contributed by atoms with van der Waals surface area (Å²) in [5, 5.41) is 9.97. The molecule has 0 fully saturated rings. The Bertz CT molecular complexity index is 466. The maximum absolute atomic E-state index is 11.0. The van der Waals surface area contributed by atoms with Crippen molar-refractivity contribution in [3.05, 3.63) is 33.9 Å². The molecule has 0 radical (unpaired) electrons. The molecule has 0 spiro atoms. The fourth-order valence-electron chi connectivity index (χ4n) is 1.79. The van der Waals surface area contributed by atoms with Gasteiger partial charge in [-0.3, -0.25) is 4.79 Å². The molecule has 0 amide bonds. The molecule has 1 N–H and O–H groups in total. The number of aromatic hydroxyl groups is 1. The summed E-state index contributed by atoms with van der Waals surface area (Å²) < 4.78 is 5.69. The first-order valence-electron chi connectivity index (χ1n) is 5.94. The summed E-state index contributed by atoms with van der Waals surface area (Å²) in [6, 6.07) is 0. The van der Waals surface area contributed by atoms with Crippen LogP contribution in [0.15, 0.2) is 11.6 Å². The zero-order valence-corrected chi connectivity index (χ0v) is 11.6. The molecule has 3 nitrogen and oxygen atoms in total. The van der Waals surface area contributed by atoms with Crippen LogP contribution >= 0.6 is 0 Å². The molecule has 0 unspecified atom stereocenters. The summed E-state index contributed by atoms with van der Waals surface area (Å²) in [6.45, 7) is 9.93. The van der Waals surface area contributed by atoms with Crippen molar-refractivity contribution in [3.63, 3.8) is 0 Å². The summed E-state index contributed by atoms with van der Waals surface area (Å²) in [5.41, 5.74) is 3.80. The molecule has 1 aromatic rings. The summed E-state index contributed by atoms with van der Waals surface area (Å²) >= 11 is 0. The van der Waals surface area contributed by atoms with Gasteiger partial charge in [0.1, 0.15) is 18.1 Å². The highest BCUT2D eigenvalue weighted by Crippen LogP contribution is 2.36. The van der Waals surface area contributed by atoms with Gasteiger partial charge in [-0.2, -0.15) is 0 Å². The number of hydrogen-bond acceptors (Lipinski definition) is 3. The average molecular weight is 248 g/mol. The molecule has 0 atom stereocenters. The number of phenols is 1. The monoisotopic (exact) mass is 248 g/mol. The molecule has 0 saturated carbocycles. The molecule has 98 valence electrons. The summed E-state index contributed by atoms with van der Waals surface area (Å²) in [6.07, 6.45) is 2.66. The molecule has 0 bridgehead atoms. The van der Waals surface area contributed by atoms with Gasteiger partial charge in [0, 0.05) is 5.56 Å². The van der Waals surface area contributed by atoms with Crippen molar-refractivity contribution in [3.8, 4) is 11.5 Å². The lowest BCUT2D eigenvalue weighted by Gasteiger charge is -2.16. The summed E-state index contributed by atoms with van der Waals surface area (Å²) in [4.78, 5) is 11.0. The SMILES string of the molecule is CC(C)=CCOc1c(C)c(C)c(C=O)c(O)c1C. The maximum atomic E-state index is 11.0. The van der Waals surface area contributed by atoms with Gasteiger partial charge in [0.15, 0.2) is 6.29 Å². The largest absolute Gasteiger partial charge is 0.507 e. The minimum Gasteiger partial charge on any atom is -0.507 e. The molecule has 1 aromatic carbocycles. The van der Waals surface area contributed by atoms with Crippen LogP contribution in [0.4, 0.5) is 0 Å². The minimum atomic E-state index is 0.0142. The van der Waals surface area contributed by atoms with E-state index in [0.29, 0.717) is 29.8 Å². The molecule has 0 saturated heterocycles. The van der Waals surface area contributed by atoms with Crippen LogP contribution in [0.5, 0.6) is 11.5 Å². The number of aldehydes is 1. The van der Waals surface area contributed by atoms with E-state index in [1.807, 2.05) is 33.8 Å². The van der Waals surface area contributed by atoms with E-state index >= 15 is 0 Å². The molecule has 0 aromatic heterocycles. The molecular weight excluding hydrogens is 228 g/mol. The zero-order chi connectivity index (χ0) is 13.9. The normalized spacial score (nSPS) is 10.1. The number of benzene rings is 1. The number of ether oxygens (including phenoxy) is 1. The Morgan fingerprint density at radius 3 is 2.28 bits per heavy atom. The van der Waals surface area contributed by atoms with Crippen LogP contribution in [-0.4, -0.2) is 18.0 Å². The van der Waals surface area contributed by atoms with Gasteiger partial charge in [0.2, 0.25) is 0 Å². The van der Waals surface area contributed by atoms with Gasteiger partial charge in [-0.15, -0.1) is 0 Å². The highest BCUT2D eigenvalue weighted by Gasteiger charge is 2.17. The van der Waals surface area contributed by atoms with Gasteiger partial charge >= 0.3 is 0 Å². The number of hydrogen-bond donors (Lipinski definition) is 1. The molecular formula is C15H20O3. The number of carbonyl (C=O) groups excluding carboxylic acids is 1. The van der Waals surface area contributed by atoms with Gasteiger partial charge in [-0.25, -0.2) is 0 Å². The Balaban J connectivity index is 3.21. The van der Waals surface area contributed by atoms with Crippen molar-refractivity contribution in [1.29, 1.82) is 0 Å². The van der Waals surface area contributed by atoms with Crippen molar-refractivity contribution in [1.82, 2.24) is 0 Å². The first kappa shape index (κ1) is 14.3. The average Bonchev–Trinajstić information content (AvgIpc) is 2.31. The lowest BCUT2D eigenvalue weighted by atomic mass is 9.98. The van der Waals surface area contributed by atoms with Crippen molar-refractivity contribution in [2.75, 3.05) is 6.61 Å². The van der Waals surface area contributed by atoms with Crippen LogP contribution in [0, 0.1) is 20.8 Å². The fraction of sp³-hybridized carbons (Fsp3) is 0.400. The van der Waals surface area contributed by atoms with Crippen molar-refractivity contribution in [2.24, 2.45) is 0 Å². The van der Waals surface area contributed by atoms with E-state index in [1.54, 1.807) is 6.92 Å². The van der Waals surface area contributed by atoms with E-state index in [1.165, 1.54) is 5.57 Å². The Labute approximate surface area is 108 Å². The maximum Gasteiger partial charge on any atom is 0.154 e. The quantitative estimate of drug-likeness (QED) is 0.655. The van der Waals surface area contributed by atoms with Gasteiger partial charge < -0.3 is 9.84 Å². The second-order valence-electron chi connectivity index (χ2n) is 4.68. The highest BCUT2D eigenvalue weighted by atomic mass is 16.5. The third kappa shape index (κ3) is 2.73. The smallest absolute Gasteiger partial charge is 0.154 e. The highest BCUT2D eigenvalue weighted by molar-refractivity contribution is 5.84. The third-order valence-corrected chi connectivity index (χ3v) is 3.10. The van der Waals surface area contributed by atoms with Crippen LogP contribution in [0.2, 0.25) is 0 Å². The van der Waals surface area contributed by atoms with Crippen LogP contribution in [0.1, 0.15) is 40.9 Å². The molecule has 3 heteroatoms. The third-order valence-electron chi connectivity index (χ3n) is 3.10. The van der Waals surface area contributed by atoms with Gasteiger partial charge in [-0.1, -0.05) is 5.57 Å². The van der Waals surface area contributed by atoms with Crippen molar-refractivity contribution < 1.29 is 14.6 Å². The van der Waals surface area contributed by atoms with Crippen molar-refractivity contribution in [2.45, 2.75) is 34.6 Å². The second kappa shape index (κ2) is 5.71. The first-order chi connectivity index (χ1) is 8.40. The van der Waals surface area contributed by atoms with E-state index in [-0.39, 0.29) is 5.75 Å². The molecule has 0 aliphatic heterocycles. The van der Waals surface area contributed by atoms with Gasteiger partial charge in [-0.05, 0) is 51.8 Å². The lowest BCUT2D eigenvalue weighted by molar-refractivity contribution is 0.112. The van der Waals surface area contributed by atoms with Gasteiger partial charge in [0.25, 0.3) is 0 Å².